The second-order valence-electron chi connectivity index (χ2n) is 6.65. The molecule has 0 saturated carbocycles. The average Bonchev–Trinajstić information content (AvgIpc) is 3.21. The molecule has 0 atom stereocenters. The number of halogens is 1. The monoisotopic (exact) mass is 389 g/mol. The van der Waals surface area contributed by atoms with Crippen molar-refractivity contribution in [2.24, 2.45) is 0 Å². The van der Waals surface area contributed by atoms with E-state index >= 15 is 0 Å². The van der Waals surface area contributed by atoms with Crippen molar-refractivity contribution >= 4 is 5.82 Å². The van der Waals surface area contributed by atoms with E-state index < -0.39 is 0 Å². The van der Waals surface area contributed by atoms with Crippen LogP contribution in [0.3, 0.4) is 0 Å². The Morgan fingerprint density at radius 1 is 1.00 bits per heavy atom. The minimum absolute atomic E-state index is 0.287. The average molecular weight is 389 g/mol. The van der Waals surface area contributed by atoms with E-state index in [2.05, 4.69) is 25.3 Å². The van der Waals surface area contributed by atoms with Gasteiger partial charge in [-0.15, -0.1) is 0 Å². The van der Waals surface area contributed by atoms with Crippen molar-refractivity contribution in [2.75, 3.05) is 11.9 Å². The molecular formula is C22H20FN5O. The van der Waals surface area contributed by atoms with Crippen LogP contribution in [-0.2, 0) is 6.42 Å². The lowest BCUT2D eigenvalue weighted by Crippen LogP contribution is -2.10. The van der Waals surface area contributed by atoms with E-state index in [1.54, 1.807) is 24.6 Å². The van der Waals surface area contributed by atoms with Gasteiger partial charge in [0, 0.05) is 36.0 Å². The first-order valence-electron chi connectivity index (χ1n) is 9.31. The van der Waals surface area contributed by atoms with Crippen molar-refractivity contribution in [1.29, 1.82) is 0 Å². The lowest BCUT2D eigenvalue weighted by atomic mass is 10.2. The first-order chi connectivity index (χ1) is 14.1. The molecule has 0 aliphatic heterocycles. The van der Waals surface area contributed by atoms with Crippen LogP contribution in [0.1, 0.15) is 17.0 Å². The van der Waals surface area contributed by atoms with Crippen LogP contribution < -0.4 is 5.32 Å². The van der Waals surface area contributed by atoms with Gasteiger partial charge in [-0.3, -0.25) is 4.98 Å². The lowest BCUT2D eigenvalue weighted by molar-refractivity contribution is 0.572. The van der Waals surface area contributed by atoms with Gasteiger partial charge in [-0.25, -0.2) is 19.3 Å². The Balaban J connectivity index is 1.44. The number of aryl methyl sites for hydroxylation is 1. The van der Waals surface area contributed by atoms with Gasteiger partial charge in [0.05, 0.1) is 5.69 Å². The van der Waals surface area contributed by atoms with Gasteiger partial charge in [0.1, 0.15) is 23.6 Å². The number of aromatic nitrogens is 4. The van der Waals surface area contributed by atoms with Crippen molar-refractivity contribution in [3.05, 3.63) is 77.7 Å². The van der Waals surface area contributed by atoms with E-state index in [9.17, 15) is 4.39 Å². The molecule has 0 spiro atoms. The molecule has 29 heavy (non-hydrogen) atoms. The summed E-state index contributed by atoms with van der Waals surface area (Å²) in [5.74, 6) is 1.56. The van der Waals surface area contributed by atoms with Gasteiger partial charge in [0.2, 0.25) is 5.89 Å². The largest absolute Gasteiger partial charge is 0.444 e. The fraction of sp³-hybridized carbons (Fsp3) is 0.182. The summed E-state index contributed by atoms with van der Waals surface area (Å²) in [4.78, 5) is 18.0. The predicted molar refractivity (Wildman–Crippen MR) is 109 cm³/mol. The molecule has 0 aliphatic carbocycles. The molecule has 0 fully saturated rings. The maximum Gasteiger partial charge on any atom is 0.226 e. The first kappa shape index (κ1) is 18.7. The molecule has 0 radical (unpaired) electrons. The highest BCUT2D eigenvalue weighted by Gasteiger charge is 2.11. The van der Waals surface area contributed by atoms with Crippen molar-refractivity contribution in [3.8, 4) is 23.0 Å². The molecule has 0 unspecified atom stereocenters. The first-order valence-corrected chi connectivity index (χ1v) is 9.31. The van der Waals surface area contributed by atoms with Crippen molar-refractivity contribution in [3.63, 3.8) is 0 Å². The lowest BCUT2D eigenvalue weighted by Gasteiger charge is -2.11. The minimum atomic E-state index is -0.287. The van der Waals surface area contributed by atoms with Crippen LogP contribution in [0.4, 0.5) is 10.2 Å². The Hall–Kier alpha value is -3.61. The zero-order valence-corrected chi connectivity index (χ0v) is 16.2. The van der Waals surface area contributed by atoms with E-state index in [1.807, 2.05) is 32.0 Å². The number of nitrogens with one attached hydrogen (secondary N) is 1. The summed E-state index contributed by atoms with van der Waals surface area (Å²) in [6, 6.07) is 11.7. The second kappa shape index (κ2) is 8.18. The Bertz CT molecular complexity index is 1110. The summed E-state index contributed by atoms with van der Waals surface area (Å²) >= 11 is 0. The van der Waals surface area contributed by atoms with Gasteiger partial charge in [-0.05, 0) is 50.2 Å². The van der Waals surface area contributed by atoms with Gasteiger partial charge in [0.15, 0.2) is 5.82 Å². The van der Waals surface area contributed by atoms with E-state index in [-0.39, 0.29) is 5.82 Å². The number of benzene rings is 1. The van der Waals surface area contributed by atoms with E-state index in [1.165, 1.54) is 12.1 Å². The molecule has 3 heterocycles. The van der Waals surface area contributed by atoms with E-state index in [0.717, 1.165) is 34.0 Å². The summed E-state index contributed by atoms with van der Waals surface area (Å²) < 4.78 is 18.6. The third-order valence-corrected chi connectivity index (χ3v) is 4.60. The number of rotatable bonds is 6. The molecule has 0 amide bonds. The number of oxazole rings is 1. The highest BCUT2D eigenvalue weighted by atomic mass is 19.1. The Morgan fingerprint density at radius 2 is 1.83 bits per heavy atom. The van der Waals surface area contributed by atoms with Gasteiger partial charge in [-0.2, -0.15) is 0 Å². The smallest absolute Gasteiger partial charge is 0.226 e. The third kappa shape index (κ3) is 4.29. The Kier molecular flexibility index (Phi) is 5.29. The van der Waals surface area contributed by atoms with Gasteiger partial charge in [0.25, 0.3) is 0 Å². The van der Waals surface area contributed by atoms with Gasteiger partial charge >= 0.3 is 0 Å². The summed E-state index contributed by atoms with van der Waals surface area (Å²) in [7, 11) is 0. The number of hydrogen-bond acceptors (Lipinski definition) is 6. The summed E-state index contributed by atoms with van der Waals surface area (Å²) in [6.07, 6.45) is 4.01. The SMILES string of the molecule is Cc1nc(-c2ccccn2)nc(NCCc2coc(-c3ccc(F)cc3)n2)c1C. The van der Waals surface area contributed by atoms with Crippen LogP contribution in [0.5, 0.6) is 0 Å². The highest BCUT2D eigenvalue weighted by molar-refractivity contribution is 5.56. The second-order valence-corrected chi connectivity index (χ2v) is 6.65. The Morgan fingerprint density at radius 3 is 2.59 bits per heavy atom. The quantitative estimate of drug-likeness (QED) is 0.519. The molecule has 4 aromatic rings. The molecule has 1 N–H and O–H groups in total. The van der Waals surface area contributed by atoms with Crippen LogP contribution in [0.25, 0.3) is 23.0 Å². The molecule has 146 valence electrons. The zero-order chi connectivity index (χ0) is 20.2. The molecule has 0 bridgehead atoms. The van der Waals surface area contributed by atoms with E-state index in [4.69, 9.17) is 4.42 Å². The predicted octanol–water partition coefficient (Wildman–Crippen LogP) is 4.60. The fourth-order valence-electron chi connectivity index (χ4n) is 2.87. The molecule has 4 rings (SSSR count). The van der Waals surface area contributed by atoms with Crippen LogP contribution >= 0.6 is 0 Å². The van der Waals surface area contributed by atoms with Crippen LogP contribution in [0.2, 0.25) is 0 Å². The third-order valence-electron chi connectivity index (χ3n) is 4.60. The zero-order valence-electron chi connectivity index (χ0n) is 16.2. The number of pyridine rings is 1. The number of hydrogen-bond donors (Lipinski definition) is 1. The highest BCUT2D eigenvalue weighted by Crippen LogP contribution is 2.21. The van der Waals surface area contributed by atoms with Crippen LogP contribution in [-0.4, -0.2) is 26.5 Å². The Labute approximate surface area is 167 Å². The molecule has 1 aromatic carbocycles. The maximum atomic E-state index is 13.1. The molecule has 0 saturated heterocycles. The van der Waals surface area contributed by atoms with Crippen molar-refractivity contribution < 1.29 is 8.81 Å². The summed E-state index contributed by atoms with van der Waals surface area (Å²) in [5.41, 5.74) is 4.19. The van der Waals surface area contributed by atoms with Gasteiger partial charge < -0.3 is 9.73 Å². The summed E-state index contributed by atoms with van der Waals surface area (Å²) in [5, 5.41) is 3.36. The number of nitrogens with zero attached hydrogens (tertiary/aromatic N) is 4. The molecule has 7 heteroatoms. The fourth-order valence-corrected chi connectivity index (χ4v) is 2.87. The topological polar surface area (TPSA) is 76.7 Å². The van der Waals surface area contributed by atoms with Crippen LogP contribution in [0.15, 0.2) is 59.3 Å². The molecule has 3 aromatic heterocycles. The molecular weight excluding hydrogens is 369 g/mol. The number of anilines is 1. The van der Waals surface area contributed by atoms with Gasteiger partial charge in [-0.1, -0.05) is 6.07 Å². The minimum Gasteiger partial charge on any atom is -0.444 e. The normalized spacial score (nSPS) is 10.9. The molecule has 6 nitrogen and oxygen atoms in total. The van der Waals surface area contributed by atoms with E-state index in [0.29, 0.717) is 24.7 Å². The maximum absolute atomic E-state index is 13.1. The summed E-state index contributed by atoms with van der Waals surface area (Å²) in [6.45, 7) is 4.58. The van der Waals surface area contributed by atoms with Crippen molar-refractivity contribution in [2.45, 2.75) is 20.3 Å². The van der Waals surface area contributed by atoms with Crippen molar-refractivity contribution in [1.82, 2.24) is 19.9 Å². The van der Waals surface area contributed by atoms with Crippen LogP contribution in [0, 0.1) is 19.7 Å². The standard InChI is InChI=1S/C22H20FN5O/c1-14-15(2)26-21(19-5-3-4-11-24-19)28-20(14)25-12-10-18-13-29-22(27-18)16-6-8-17(23)9-7-16/h3-9,11,13H,10,12H2,1-2H3,(H,25,26,28). The molecule has 0 aliphatic rings.